The highest BCUT2D eigenvalue weighted by atomic mass is 32.2. The third-order valence-corrected chi connectivity index (χ3v) is 2.93. The van der Waals surface area contributed by atoms with Crippen molar-refractivity contribution in [3.8, 4) is 0 Å². The number of nitrogens with zero attached hydrogens (tertiary/aromatic N) is 1. The van der Waals surface area contributed by atoms with E-state index in [4.69, 9.17) is 5.73 Å². The Balaban J connectivity index is 2.96. The van der Waals surface area contributed by atoms with Crippen LogP contribution in [-0.2, 0) is 4.79 Å². The predicted molar refractivity (Wildman–Crippen MR) is 60.7 cm³/mol. The van der Waals surface area contributed by atoms with E-state index in [0.717, 1.165) is 24.1 Å². The Morgan fingerprint density at radius 1 is 1.43 bits per heavy atom. The van der Waals surface area contributed by atoms with Crippen LogP contribution in [0.15, 0.2) is 22.4 Å². The topological polar surface area (TPSA) is 46.3 Å². The first-order valence-electron chi connectivity index (χ1n) is 4.50. The lowest BCUT2D eigenvalue weighted by Gasteiger charge is -2.18. The monoisotopic (exact) mass is 212 g/mol. The number of thioether (sulfide) groups is 1. The van der Waals surface area contributed by atoms with Gasteiger partial charge in [-0.25, -0.2) is 0 Å². The van der Waals surface area contributed by atoms with E-state index in [9.17, 15) is 4.79 Å². The van der Waals surface area contributed by atoms with Gasteiger partial charge in [-0.3, -0.25) is 4.79 Å². The van der Waals surface area contributed by atoms with Crippen LogP contribution in [0.1, 0.15) is 12.8 Å². The van der Waals surface area contributed by atoms with Gasteiger partial charge in [0.05, 0.1) is 4.91 Å². The number of hydrogen-bond acceptors (Lipinski definition) is 4. The van der Waals surface area contributed by atoms with Crippen molar-refractivity contribution in [1.29, 1.82) is 0 Å². The summed E-state index contributed by atoms with van der Waals surface area (Å²) >= 11 is 1.44. The Morgan fingerprint density at radius 3 is 2.57 bits per heavy atom. The standard InChI is InChI=1S/C10H16N2OS/c1-12(2)6-7-4-5-8(11)10(14-3)9(7)13/h6H,4-5,11H2,1-3H3/b7-6-. The van der Waals surface area contributed by atoms with Crippen LogP contribution in [0.5, 0.6) is 0 Å². The molecule has 0 saturated heterocycles. The molecular weight excluding hydrogens is 196 g/mol. The van der Waals surface area contributed by atoms with Crippen LogP contribution in [0.2, 0.25) is 0 Å². The summed E-state index contributed by atoms with van der Waals surface area (Å²) in [5, 5.41) is 0. The largest absolute Gasteiger partial charge is 0.401 e. The molecule has 1 aliphatic rings. The normalized spacial score (nSPS) is 20.5. The molecule has 0 amide bonds. The maximum atomic E-state index is 11.8. The van der Waals surface area contributed by atoms with Gasteiger partial charge in [-0.1, -0.05) is 0 Å². The fourth-order valence-electron chi connectivity index (χ4n) is 1.45. The third-order valence-electron chi connectivity index (χ3n) is 2.07. The van der Waals surface area contributed by atoms with Gasteiger partial charge in [0, 0.05) is 31.6 Å². The van der Waals surface area contributed by atoms with Crippen LogP contribution in [0, 0.1) is 0 Å². The molecule has 0 aromatic carbocycles. The van der Waals surface area contributed by atoms with Gasteiger partial charge in [0.25, 0.3) is 0 Å². The van der Waals surface area contributed by atoms with Gasteiger partial charge >= 0.3 is 0 Å². The van der Waals surface area contributed by atoms with Crippen molar-refractivity contribution in [2.24, 2.45) is 5.73 Å². The lowest BCUT2D eigenvalue weighted by atomic mass is 9.98. The molecule has 0 fully saturated rings. The summed E-state index contributed by atoms with van der Waals surface area (Å²) in [5.74, 6) is 0.0925. The Labute approximate surface area is 89.0 Å². The third kappa shape index (κ3) is 2.32. The molecule has 1 aliphatic carbocycles. The van der Waals surface area contributed by atoms with Gasteiger partial charge in [0.2, 0.25) is 0 Å². The Hall–Kier alpha value is -0.900. The second-order valence-corrected chi connectivity index (χ2v) is 4.32. The Morgan fingerprint density at radius 2 is 2.07 bits per heavy atom. The van der Waals surface area contributed by atoms with Crippen LogP contribution in [0.25, 0.3) is 0 Å². The van der Waals surface area contributed by atoms with Crippen LogP contribution < -0.4 is 5.73 Å². The Kier molecular flexibility index (Phi) is 3.63. The smallest absolute Gasteiger partial charge is 0.198 e. The summed E-state index contributed by atoms with van der Waals surface area (Å²) in [6.07, 6.45) is 5.32. The number of rotatable bonds is 2. The van der Waals surface area contributed by atoms with Gasteiger partial charge in [-0.15, -0.1) is 11.8 Å². The predicted octanol–water partition coefficient (Wildman–Crippen LogP) is 1.33. The number of nitrogens with two attached hydrogens (primary N) is 1. The number of carbonyl (C=O) groups excluding carboxylic acids is 1. The van der Waals surface area contributed by atoms with Crippen LogP contribution in [0.4, 0.5) is 0 Å². The van der Waals surface area contributed by atoms with Crippen molar-refractivity contribution in [2.45, 2.75) is 12.8 Å². The lowest BCUT2D eigenvalue weighted by molar-refractivity contribution is -0.112. The highest BCUT2D eigenvalue weighted by molar-refractivity contribution is 8.03. The van der Waals surface area contributed by atoms with Crippen molar-refractivity contribution >= 4 is 17.5 Å². The molecule has 0 atom stereocenters. The van der Waals surface area contributed by atoms with Crippen molar-refractivity contribution in [3.05, 3.63) is 22.4 Å². The van der Waals surface area contributed by atoms with E-state index >= 15 is 0 Å². The van der Waals surface area contributed by atoms with Gasteiger partial charge in [-0.05, 0) is 19.1 Å². The second-order valence-electron chi connectivity index (χ2n) is 3.51. The molecule has 0 aliphatic heterocycles. The highest BCUT2D eigenvalue weighted by Crippen LogP contribution is 2.29. The molecule has 1 rings (SSSR count). The quantitative estimate of drug-likeness (QED) is 0.701. The molecular formula is C10H16N2OS. The second kappa shape index (κ2) is 4.55. The van der Waals surface area contributed by atoms with E-state index in [1.54, 1.807) is 0 Å². The minimum atomic E-state index is 0.0925. The number of carbonyl (C=O) groups is 1. The average Bonchev–Trinajstić information content (AvgIpc) is 2.10. The summed E-state index contributed by atoms with van der Waals surface area (Å²) in [5.41, 5.74) is 7.36. The maximum absolute atomic E-state index is 11.8. The van der Waals surface area contributed by atoms with E-state index in [2.05, 4.69) is 0 Å². The molecule has 3 nitrogen and oxygen atoms in total. The molecule has 14 heavy (non-hydrogen) atoms. The van der Waals surface area contributed by atoms with E-state index in [-0.39, 0.29) is 5.78 Å². The number of Topliss-reactive ketones (excluding diaryl/α,β-unsaturated/α-hetero) is 1. The molecule has 0 radical (unpaired) electrons. The van der Waals surface area contributed by atoms with Crippen molar-refractivity contribution in [1.82, 2.24) is 4.90 Å². The molecule has 0 saturated carbocycles. The summed E-state index contributed by atoms with van der Waals surface area (Å²) in [6.45, 7) is 0. The van der Waals surface area contributed by atoms with Crippen molar-refractivity contribution < 1.29 is 4.79 Å². The maximum Gasteiger partial charge on any atom is 0.198 e. The zero-order valence-corrected chi connectivity index (χ0v) is 9.65. The number of ketones is 1. The molecule has 4 heteroatoms. The SMILES string of the molecule is CSC1=C(N)CC/C(=C/N(C)C)C1=O. The first kappa shape index (κ1) is 11.2. The van der Waals surface area contributed by atoms with Crippen LogP contribution >= 0.6 is 11.8 Å². The number of hydrogen-bond donors (Lipinski definition) is 1. The van der Waals surface area contributed by atoms with E-state index in [0.29, 0.717) is 4.91 Å². The van der Waals surface area contributed by atoms with Crippen LogP contribution in [0.3, 0.4) is 0 Å². The molecule has 78 valence electrons. The molecule has 0 unspecified atom stereocenters. The molecule has 0 bridgehead atoms. The molecule has 0 aromatic rings. The zero-order valence-electron chi connectivity index (χ0n) is 8.83. The first-order valence-corrected chi connectivity index (χ1v) is 5.73. The zero-order chi connectivity index (χ0) is 10.7. The fourth-order valence-corrected chi connectivity index (χ4v) is 2.13. The fraction of sp³-hybridized carbons (Fsp3) is 0.500. The minimum absolute atomic E-state index is 0.0925. The van der Waals surface area contributed by atoms with Gasteiger partial charge < -0.3 is 10.6 Å². The molecule has 2 N–H and O–H groups in total. The lowest BCUT2D eigenvalue weighted by Crippen LogP contribution is -2.19. The van der Waals surface area contributed by atoms with E-state index < -0.39 is 0 Å². The summed E-state index contributed by atoms with van der Waals surface area (Å²) in [6, 6.07) is 0. The average molecular weight is 212 g/mol. The Bertz CT molecular complexity index is 305. The summed E-state index contributed by atoms with van der Waals surface area (Å²) < 4.78 is 0. The van der Waals surface area contributed by atoms with Crippen LogP contribution in [-0.4, -0.2) is 31.0 Å². The molecule has 0 heterocycles. The van der Waals surface area contributed by atoms with Gasteiger partial charge in [-0.2, -0.15) is 0 Å². The van der Waals surface area contributed by atoms with Crippen molar-refractivity contribution in [2.75, 3.05) is 20.4 Å². The molecule has 0 spiro atoms. The van der Waals surface area contributed by atoms with E-state index in [1.165, 1.54) is 11.8 Å². The van der Waals surface area contributed by atoms with Crippen molar-refractivity contribution in [3.63, 3.8) is 0 Å². The summed E-state index contributed by atoms with van der Waals surface area (Å²) in [7, 11) is 3.83. The van der Waals surface area contributed by atoms with E-state index in [1.807, 2.05) is 31.5 Å². The minimum Gasteiger partial charge on any atom is -0.401 e. The first-order chi connectivity index (χ1) is 6.56. The summed E-state index contributed by atoms with van der Waals surface area (Å²) in [4.78, 5) is 14.5. The number of allylic oxidation sites excluding steroid dienone is 3. The molecule has 0 aromatic heterocycles. The van der Waals surface area contributed by atoms with Gasteiger partial charge in [0.1, 0.15) is 0 Å². The highest BCUT2D eigenvalue weighted by Gasteiger charge is 2.22. The van der Waals surface area contributed by atoms with Gasteiger partial charge in [0.15, 0.2) is 5.78 Å².